The van der Waals surface area contributed by atoms with Gasteiger partial charge in [-0.15, -0.1) is 0 Å². The highest BCUT2D eigenvalue weighted by molar-refractivity contribution is 5.80. The number of nitrogens with zero attached hydrogens (tertiary/aromatic N) is 6. The van der Waals surface area contributed by atoms with Gasteiger partial charge in [-0.3, -0.25) is 4.79 Å². The maximum atomic E-state index is 11.9. The Hall–Kier alpha value is -3.23. The van der Waals surface area contributed by atoms with Crippen molar-refractivity contribution in [1.29, 1.82) is 0 Å². The predicted molar refractivity (Wildman–Crippen MR) is 108 cm³/mol. The lowest BCUT2D eigenvalue weighted by Crippen LogP contribution is -2.30. The van der Waals surface area contributed by atoms with Crippen LogP contribution in [0.25, 0.3) is 11.0 Å². The Morgan fingerprint density at radius 1 is 1.25 bits per heavy atom. The second-order valence-electron chi connectivity index (χ2n) is 7.22. The third kappa shape index (κ3) is 3.47. The molecule has 1 amide bonds. The third-order valence-electron chi connectivity index (χ3n) is 5.00. The van der Waals surface area contributed by atoms with Crippen LogP contribution in [-0.2, 0) is 4.79 Å². The van der Waals surface area contributed by atoms with Gasteiger partial charge in [-0.25, -0.2) is 15.0 Å². The van der Waals surface area contributed by atoms with Crippen molar-refractivity contribution in [2.24, 2.45) is 5.92 Å². The number of hydrogen-bond acceptors (Lipinski definition) is 7. The summed E-state index contributed by atoms with van der Waals surface area (Å²) in [4.78, 5) is 31.7. The van der Waals surface area contributed by atoms with Crippen molar-refractivity contribution in [1.82, 2.24) is 29.8 Å². The SMILES string of the molecule is CNC(=O)C1CCN(c2nccc(Nc3cc4c(cn3)ncn4C(C)C)n2)C1. The zero-order chi connectivity index (χ0) is 19.7. The molecule has 1 aliphatic heterocycles. The summed E-state index contributed by atoms with van der Waals surface area (Å²) in [6.07, 6.45) is 6.11. The van der Waals surface area contributed by atoms with Crippen molar-refractivity contribution in [2.75, 3.05) is 30.4 Å². The first-order valence-corrected chi connectivity index (χ1v) is 9.44. The summed E-state index contributed by atoms with van der Waals surface area (Å²) in [5, 5.41) is 5.97. The second kappa shape index (κ2) is 7.41. The lowest BCUT2D eigenvalue weighted by atomic mass is 10.1. The van der Waals surface area contributed by atoms with Gasteiger partial charge >= 0.3 is 0 Å². The zero-order valence-corrected chi connectivity index (χ0v) is 16.3. The monoisotopic (exact) mass is 380 g/mol. The Morgan fingerprint density at radius 2 is 2.11 bits per heavy atom. The molecule has 1 atom stereocenters. The number of amides is 1. The topological polar surface area (TPSA) is 101 Å². The number of imidazole rings is 1. The van der Waals surface area contributed by atoms with Gasteiger partial charge in [-0.2, -0.15) is 4.98 Å². The Kier molecular flexibility index (Phi) is 4.81. The normalized spacial score (nSPS) is 16.7. The molecule has 2 N–H and O–H groups in total. The van der Waals surface area contributed by atoms with Crippen LogP contribution in [0.5, 0.6) is 0 Å². The molecular formula is C19H24N8O. The van der Waals surface area contributed by atoms with Crippen LogP contribution in [-0.4, -0.2) is 50.5 Å². The van der Waals surface area contributed by atoms with E-state index in [1.807, 2.05) is 17.3 Å². The summed E-state index contributed by atoms with van der Waals surface area (Å²) in [5.41, 5.74) is 1.88. The number of carbonyl (C=O) groups excluding carboxylic acids is 1. The smallest absolute Gasteiger partial charge is 0.227 e. The molecule has 1 aliphatic rings. The molecule has 0 aromatic carbocycles. The number of nitrogens with one attached hydrogen (secondary N) is 2. The summed E-state index contributed by atoms with van der Waals surface area (Å²) in [6, 6.07) is 4.09. The Morgan fingerprint density at radius 3 is 2.89 bits per heavy atom. The highest BCUT2D eigenvalue weighted by Gasteiger charge is 2.29. The molecule has 146 valence electrons. The van der Waals surface area contributed by atoms with E-state index in [1.54, 1.807) is 25.5 Å². The number of fused-ring (bicyclic) bond motifs is 1. The quantitative estimate of drug-likeness (QED) is 0.699. The van der Waals surface area contributed by atoms with Crippen LogP contribution >= 0.6 is 0 Å². The van der Waals surface area contributed by atoms with Crippen molar-refractivity contribution in [3.8, 4) is 0 Å². The van der Waals surface area contributed by atoms with E-state index >= 15 is 0 Å². The van der Waals surface area contributed by atoms with E-state index in [4.69, 9.17) is 0 Å². The molecule has 1 saturated heterocycles. The Labute approximate surface area is 163 Å². The lowest BCUT2D eigenvalue weighted by molar-refractivity contribution is -0.123. The van der Waals surface area contributed by atoms with Crippen LogP contribution < -0.4 is 15.5 Å². The highest BCUT2D eigenvalue weighted by atomic mass is 16.1. The average molecular weight is 380 g/mol. The summed E-state index contributed by atoms with van der Waals surface area (Å²) >= 11 is 0. The van der Waals surface area contributed by atoms with Gasteiger partial charge in [-0.1, -0.05) is 0 Å². The molecular weight excluding hydrogens is 356 g/mol. The molecule has 9 heteroatoms. The number of rotatable bonds is 5. The molecule has 1 fully saturated rings. The summed E-state index contributed by atoms with van der Waals surface area (Å²) < 4.78 is 2.11. The maximum absolute atomic E-state index is 11.9. The third-order valence-corrected chi connectivity index (χ3v) is 5.00. The molecule has 0 radical (unpaired) electrons. The van der Waals surface area contributed by atoms with E-state index in [1.165, 1.54) is 0 Å². The van der Waals surface area contributed by atoms with Crippen molar-refractivity contribution < 1.29 is 4.79 Å². The largest absolute Gasteiger partial charge is 0.359 e. The average Bonchev–Trinajstić information content (AvgIpc) is 3.35. The molecule has 4 rings (SSSR count). The van der Waals surface area contributed by atoms with E-state index in [2.05, 4.69) is 49.0 Å². The van der Waals surface area contributed by atoms with Gasteiger partial charge < -0.3 is 20.1 Å². The minimum absolute atomic E-state index is 0.0226. The fourth-order valence-electron chi connectivity index (χ4n) is 3.47. The van der Waals surface area contributed by atoms with Crippen LogP contribution in [0.15, 0.2) is 30.9 Å². The van der Waals surface area contributed by atoms with Gasteiger partial charge in [0.05, 0.1) is 24.0 Å². The van der Waals surface area contributed by atoms with Gasteiger partial charge in [0.15, 0.2) is 0 Å². The van der Waals surface area contributed by atoms with E-state index in [0.717, 1.165) is 24.0 Å². The number of anilines is 3. The number of pyridine rings is 1. The second-order valence-corrected chi connectivity index (χ2v) is 7.22. The molecule has 3 aromatic rings. The number of hydrogen-bond donors (Lipinski definition) is 2. The lowest BCUT2D eigenvalue weighted by Gasteiger charge is -2.16. The molecule has 0 saturated carbocycles. The van der Waals surface area contributed by atoms with E-state index < -0.39 is 0 Å². The predicted octanol–water partition coefficient (Wildman–Crippen LogP) is 2.12. The van der Waals surface area contributed by atoms with Gasteiger partial charge in [-0.05, 0) is 26.3 Å². The fourth-order valence-corrected chi connectivity index (χ4v) is 3.47. The van der Waals surface area contributed by atoms with Gasteiger partial charge in [0.2, 0.25) is 11.9 Å². The molecule has 0 aliphatic carbocycles. The van der Waals surface area contributed by atoms with E-state index in [-0.39, 0.29) is 11.8 Å². The van der Waals surface area contributed by atoms with Gasteiger partial charge in [0, 0.05) is 38.4 Å². The minimum Gasteiger partial charge on any atom is -0.359 e. The van der Waals surface area contributed by atoms with Crippen LogP contribution in [0, 0.1) is 5.92 Å². The highest BCUT2D eigenvalue weighted by Crippen LogP contribution is 2.24. The molecule has 4 heterocycles. The van der Waals surface area contributed by atoms with Gasteiger partial charge in [0.25, 0.3) is 0 Å². The van der Waals surface area contributed by atoms with E-state index in [0.29, 0.717) is 30.2 Å². The molecule has 0 spiro atoms. The Bertz CT molecular complexity index is 999. The van der Waals surface area contributed by atoms with Crippen molar-refractivity contribution in [3.05, 3.63) is 30.9 Å². The first kappa shape index (κ1) is 18.1. The number of carbonyl (C=O) groups is 1. The summed E-state index contributed by atoms with van der Waals surface area (Å²) in [6.45, 7) is 5.63. The number of aromatic nitrogens is 5. The van der Waals surface area contributed by atoms with Crippen LogP contribution in [0.3, 0.4) is 0 Å². The molecule has 9 nitrogen and oxygen atoms in total. The van der Waals surface area contributed by atoms with Crippen molar-refractivity contribution >= 4 is 34.5 Å². The van der Waals surface area contributed by atoms with Gasteiger partial charge in [0.1, 0.15) is 17.2 Å². The first-order chi connectivity index (χ1) is 13.5. The standard InChI is InChI=1S/C19H24N8O/c1-12(2)27-11-23-14-9-22-17(8-15(14)27)24-16-4-6-21-19(25-16)26-7-5-13(10-26)18(28)20-3/h4,6,8-9,11-13H,5,7,10H2,1-3H3,(H,20,28)(H,21,22,24,25). The van der Waals surface area contributed by atoms with Crippen molar-refractivity contribution in [2.45, 2.75) is 26.3 Å². The zero-order valence-electron chi connectivity index (χ0n) is 16.3. The van der Waals surface area contributed by atoms with E-state index in [9.17, 15) is 4.79 Å². The maximum Gasteiger partial charge on any atom is 0.227 e. The molecule has 0 bridgehead atoms. The first-order valence-electron chi connectivity index (χ1n) is 9.44. The summed E-state index contributed by atoms with van der Waals surface area (Å²) in [7, 11) is 1.67. The van der Waals surface area contributed by atoms with Crippen LogP contribution in [0.4, 0.5) is 17.6 Å². The van der Waals surface area contributed by atoms with Crippen LogP contribution in [0.1, 0.15) is 26.3 Å². The van der Waals surface area contributed by atoms with Crippen molar-refractivity contribution in [3.63, 3.8) is 0 Å². The fraction of sp³-hybridized carbons (Fsp3) is 0.421. The van der Waals surface area contributed by atoms with Crippen LogP contribution in [0.2, 0.25) is 0 Å². The molecule has 1 unspecified atom stereocenters. The summed E-state index contributed by atoms with van der Waals surface area (Å²) in [5.74, 6) is 2.02. The molecule has 28 heavy (non-hydrogen) atoms. The Balaban J connectivity index is 1.53. The molecule has 3 aromatic heterocycles. The minimum atomic E-state index is -0.0226.